The van der Waals surface area contributed by atoms with E-state index < -0.39 is 0 Å². The number of hydrogen-bond acceptors (Lipinski definition) is 2. The summed E-state index contributed by atoms with van der Waals surface area (Å²) >= 11 is 0. The number of rotatable bonds is 5. The summed E-state index contributed by atoms with van der Waals surface area (Å²) in [5.74, 6) is 1.77. The van der Waals surface area contributed by atoms with Gasteiger partial charge < -0.3 is 10.1 Å². The Bertz CT molecular complexity index is 172. The van der Waals surface area contributed by atoms with Crippen LogP contribution in [-0.4, -0.2) is 26.3 Å². The molecule has 0 aromatic carbocycles. The van der Waals surface area contributed by atoms with Gasteiger partial charge in [-0.3, -0.25) is 0 Å². The summed E-state index contributed by atoms with van der Waals surface area (Å²) in [5.41, 5.74) is 0. The van der Waals surface area contributed by atoms with Gasteiger partial charge in [0.15, 0.2) is 0 Å². The second-order valence-corrected chi connectivity index (χ2v) is 5.21. The van der Waals surface area contributed by atoms with Crippen LogP contribution in [-0.2, 0) is 4.74 Å². The molecule has 1 saturated carbocycles. The highest BCUT2D eigenvalue weighted by Gasteiger charge is 2.26. The Morgan fingerprint density at radius 3 is 2.67 bits per heavy atom. The fourth-order valence-electron chi connectivity index (χ4n) is 2.85. The van der Waals surface area contributed by atoms with E-state index in [4.69, 9.17) is 4.74 Å². The van der Waals surface area contributed by atoms with Crippen LogP contribution in [0.25, 0.3) is 0 Å². The maximum absolute atomic E-state index is 5.36. The van der Waals surface area contributed by atoms with Crippen LogP contribution in [0.1, 0.15) is 46.0 Å². The van der Waals surface area contributed by atoms with Gasteiger partial charge >= 0.3 is 0 Å². The summed E-state index contributed by atoms with van der Waals surface area (Å²) in [6, 6.07) is 0.641. The number of ether oxygens (including phenoxy) is 1. The van der Waals surface area contributed by atoms with Gasteiger partial charge in [-0.05, 0) is 45.1 Å². The molecule has 1 fully saturated rings. The highest BCUT2D eigenvalue weighted by molar-refractivity contribution is 4.82. The summed E-state index contributed by atoms with van der Waals surface area (Å²) in [6.07, 6.45) is 7.14. The lowest BCUT2D eigenvalue weighted by Crippen LogP contribution is -2.38. The number of nitrogens with one attached hydrogen (secondary N) is 1. The maximum atomic E-state index is 5.36. The van der Waals surface area contributed by atoms with E-state index >= 15 is 0 Å². The molecule has 2 heteroatoms. The monoisotopic (exact) mass is 213 g/mol. The van der Waals surface area contributed by atoms with E-state index in [9.17, 15) is 0 Å². The van der Waals surface area contributed by atoms with Crippen LogP contribution in [0.4, 0.5) is 0 Å². The largest absolute Gasteiger partial charge is 0.382 e. The minimum absolute atomic E-state index is 0.375. The Hall–Kier alpha value is -0.0800. The van der Waals surface area contributed by atoms with Gasteiger partial charge in [0, 0.05) is 13.2 Å². The van der Waals surface area contributed by atoms with Gasteiger partial charge in [0.2, 0.25) is 0 Å². The fourth-order valence-corrected chi connectivity index (χ4v) is 2.85. The molecule has 1 aliphatic rings. The van der Waals surface area contributed by atoms with E-state index in [1.54, 1.807) is 7.11 Å². The Labute approximate surface area is 94.8 Å². The van der Waals surface area contributed by atoms with E-state index in [0.29, 0.717) is 12.1 Å². The van der Waals surface area contributed by atoms with Crippen LogP contribution in [0.15, 0.2) is 0 Å². The van der Waals surface area contributed by atoms with Crippen LogP contribution in [0.5, 0.6) is 0 Å². The third kappa shape index (κ3) is 4.12. The third-order valence-corrected chi connectivity index (χ3v) is 3.91. The average Bonchev–Trinajstić information content (AvgIpc) is 2.25. The number of methoxy groups -OCH3 is 1. The molecular formula is C13H27NO. The Kier molecular flexibility index (Phi) is 5.62. The maximum Gasteiger partial charge on any atom is 0.0558 e. The summed E-state index contributed by atoms with van der Waals surface area (Å²) in [5, 5.41) is 3.48. The summed E-state index contributed by atoms with van der Waals surface area (Å²) in [6.45, 7) is 4.55. The Balaban J connectivity index is 2.42. The predicted octanol–water partition coefficient (Wildman–Crippen LogP) is 2.83. The molecule has 0 radical (unpaired) electrons. The molecule has 0 saturated heterocycles. The highest BCUT2D eigenvalue weighted by atomic mass is 16.5. The normalized spacial score (nSPS) is 31.2. The summed E-state index contributed by atoms with van der Waals surface area (Å²) in [7, 11) is 3.90. The van der Waals surface area contributed by atoms with E-state index in [-0.39, 0.29) is 0 Å². The minimum atomic E-state index is 0.375. The molecule has 1 aliphatic carbocycles. The highest BCUT2D eigenvalue weighted by Crippen LogP contribution is 2.32. The molecule has 1 N–H and O–H groups in total. The first-order valence-electron chi connectivity index (χ1n) is 6.37. The van der Waals surface area contributed by atoms with Gasteiger partial charge in [0.05, 0.1) is 6.10 Å². The van der Waals surface area contributed by atoms with Crippen LogP contribution < -0.4 is 5.32 Å². The van der Waals surface area contributed by atoms with Crippen molar-refractivity contribution in [3.8, 4) is 0 Å². The third-order valence-electron chi connectivity index (χ3n) is 3.91. The Morgan fingerprint density at radius 2 is 2.13 bits per heavy atom. The van der Waals surface area contributed by atoms with Crippen LogP contribution in [0.2, 0.25) is 0 Å². The van der Waals surface area contributed by atoms with E-state index in [0.717, 1.165) is 18.3 Å². The smallest absolute Gasteiger partial charge is 0.0558 e. The fraction of sp³-hybridized carbons (Fsp3) is 1.00. The Morgan fingerprint density at radius 1 is 1.40 bits per heavy atom. The zero-order chi connectivity index (χ0) is 11.3. The van der Waals surface area contributed by atoms with Gasteiger partial charge in [-0.15, -0.1) is 0 Å². The molecule has 0 bridgehead atoms. The van der Waals surface area contributed by atoms with Crippen molar-refractivity contribution in [1.29, 1.82) is 0 Å². The first-order valence-corrected chi connectivity index (χ1v) is 6.37. The lowest BCUT2D eigenvalue weighted by Gasteiger charge is -2.34. The lowest BCUT2D eigenvalue weighted by molar-refractivity contribution is 0.0856. The van der Waals surface area contributed by atoms with Crippen LogP contribution >= 0.6 is 0 Å². The zero-order valence-corrected chi connectivity index (χ0v) is 10.8. The van der Waals surface area contributed by atoms with Crippen molar-refractivity contribution in [2.75, 3.05) is 14.2 Å². The lowest BCUT2D eigenvalue weighted by atomic mass is 9.77. The molecule has 4 unspecified atom stereocenters. The quantitative estimate of drug-likeness (QED) is 0.758. The van der Waals surface area contributed by atoms with Gasteiger partial charge in [-0.2, -0.15) is 0 Å². The molecular weight excluding hydrogens is 186 g/mol. The van der Waals surface area contributed by atoms with Gasteiger partial charge in [-0.25, -0.2) is 0 Å². The number of hydrogen-bond donors (Lipinski definition) is 1. The van der Waals surface area contributed by atoms with E-state index in [1.807, 2.05) is 0 Å². The predicted molar refractivity (Wildman–Crippen MR) is 65.1 cm³/mol. The van der Waals surface area contributed by atoms with Crippen molar-refractivity contribution in [3.63, 3.8) is 0 Å². The van der Waals surface area contributed by atoms with Crippen molar-refractivity contribution in [1.82, 2.24) is 5.32 Å². The molecule has 15 heavy (non-hydrogen) atoms. The van der Waals surface area contributed by atoms with Crippen molar-refractivity contribution >= 4 is 0 Å². The van der Waals surface area contributed by atoms with Crippen molar-refractivity contribution in [2.24, 2.45) is 11.8 Å². The molecule has 0 aromatic rings. The SMILES string of the molecule is CNC(CC(C)OC)C1CCCC(C)C1. The molecule has 90 valence electrons. The molecule has 0 spiro atoms. The molecule has 0 amide bonds. The van der Waals surface area contributed by atoms with Crippen molar-refractivity contribution in [2.45, 2.75) is 58.1 Å². The van der Waals surface area contributed by atoms with E-state index in [2.05, 4.69) is 26.2 Å². The van der Waals surface area contributed by atoms with Gasteiger partial charge in [0.25, 0.3) is 0 Å². The molecule has 4 atom stereocenters. The molecule has 0 aromatic heterocycles. The standard InChI is InChI=1S/C13H27NO/c1-10-6-5-7-12(8-10)13(14-3)9-11(2)15-4/h10-14H,5-9H2,1-4H3. The summed E-state index contributed by atoms with van der Waals surface area (Å²) in [4.78, 5) is 0. The van der Waals surface area contributed by atoms with Crippen LogP contribution in [0, 0.1) is 11.8 Å². The molecule has 0 aliphatic heterocycles. The average molecular weight is 213 g/mol. The second kappa shape index (κ2) is 6.49. The molecule has 2 nitrogen and oxygen atoms in total. The first-order chi connectivity index (χ1) is 7.17. The molecule has 0 heterocycles. The minimum Gasteiger partial charge on any atom is -0.382 e. The molecule has 1 rings (SSSR count). The zero-order valence-electron chi connectivity index (χ0n) is 10.8. The second-order valence-electron chi connectivity index (χ2n) is 5.21. The topological polar surface area (TPSA) is 21.3 Å². The van der Waals surface area contributed by atoms with Crippen LogP contribution in [0.3, 0.4) is 0 Å². The first kappa shape index (κ1) is 13.0. The summed E-state index contributed by atoms with van der Waals surface area (Å²) < 4.78 is 5.36. The van der Waals surface area contributed by atoms with Gasteiger partial charge in [0.1, 0.15) is 0 Å². The van der Waals surface area contributed by atoms with Crippen molar-refractivity contribution in [3.05, 3.63) is 0 Å². The van der Waals surface area contributed by atoms with Crippen molar-refractivity contribution < 1.29 is 4.74 Å². The van der Waals surface area contributed by atoms with E-state index in [1.165, 1.54) is 25.7 Å². The van der Waals surface area contributed by atoms with Gasteiger partial charge in [-0.1, -0.05) is 19.8 Å².